The first kappa shape index (κ1) is 21.4. The minimum atomic E-state index is -2.31. The van der Waals surface area contributed by atoms with Crippen molar-refractivity contribution in [3.05, 3.63) is 76.9 Å². The van der Waals surface area contributed by atoms with Crippen LogP contribution in [0.25, 0.3) is 22.2 Å². The summed E-state index contributed by atoms with van der Waals surface area (Å²) in [5.41, 5.74) is 2.25. The van der Waals surface area contributed by atoms with E-state index < -0.39 is 47.2 Å². The number of hydrogen-bond donors (Lipinski definition) is 1. The predicted octanol–water partition coefficient (Wildman–Crippen LogP) is 5.05. The number of amides is 1. The molecule has 0 aliphatic rings. The van der Waals surface area contributed by atoms with Gasteiger partial charge in [0, 0.05) is 11.6 Å². The monoisotopic (exact) mass is 446 g/mol. The van der Waals surface area contributed by atoms with Gasteiger partial charge in [0.2, 0.25) is 11.7 Å². The highest BCUT2D eigenvalue weighted by Gasteiger charge is 2.27. The summed E-state index contributed by atoms with van der Waals surface area (Å²) < 4.78 is 68.9. The zero-order valence-corrected chi connectivity index (χ0v) is 16.8. The maximum Gasteiger partial charge on any atom is 0.246 e. The smallest absolute Gasteiger partial charge is 0.246 e. The second kappa shape index (κ2) is 8.03. The summed E-state index contributed by atoms with van der Waals surface area (Å²) in [6.07, 6.45) is 1.52. The highest BCUT2D eigenvalue weighted by atomic mass is 19.2. The Kier molecular flexibility index (Phi) is 5.37. The molecule has 10 heteroatoms. The fraction of sp³-hybridized carbons (Fsp3) is 0.136. The number of aryl methyl sites for hydroxylation is 2. The van der Waals surface area contributed by atoms with Gasteiger partial charge < -0.3 is 5.32 Å². The molecule has 0 saturated carbocycles. The maximum absolute atomic E-state index is 13.9. The maximum atomic E-state index is 13.9. The van der Waals surface area contributed by atoms with Crippen molar-refractivity contribution < 1.29 is 26.7 Å². The van der Waals surface area contributed by atoms with Crippen molar-refractivity contribution in [3.63, 3.8) is 0 Å². The molecule has 0 fully saturated rings. The van der Waals surface area contributed by atoms with Crippen LogP contribution in [0.5, 0.6) is 0 Å². The van der Waals surface area contributed by atoms with Gasteiger partial charge in [0.25, 0.3) is 0 Å². The van der Waals surface area contributed by atoms with Crippen LogP contribution in [-0.2, 0) is 11.3 Å². The topological polar surface area (TPSA) is 59.8 Å². The summed E-state index contributed by atoms with van der Waals surface area (Å²) in [6, 6.07) is 9.53. The van der Waals surface area contributed by atoms with Gasteiger partial charge in [-0.3, -0.25) is 4.79 Å². The molecule has 32 heavy (non-hydrogen) atoms. The third kappa shape index (κ3) is 3.57. The van der Waals surface area contributed by atoms with Crippen LogP contribution in [0.4, 0.5) is 27.6 Å². The Morgan fingerprint density at radius 3 is 2.12 bits per heavy atom. The highest BCUT2D eigenvalue weighted by Crippen LogP contribution is 2.30. The van der Waals surface area contributed by atoms with Gasteiger partial charge in [-0.25, -0.2) is 31.6 Å². The van der Waals surface area contributed by atoms with Gasteiger partial charge >= 0.3 is 0 Å². The summed E-state index contributed by atoms with van der Waals surface area (Å²) in [7, 11) is 0. The van der Waals surface area contributed by atoms with Gasteiger partial charge in [-0.1, -0.05) is 29.8 Å². The van der Waals surface area contributed by atoms with Crippen LogP contribution < -0.4 is 5.32 Å². The van der Waals surface area contributed by atoms with E-state index in [0.717, 1.165) is 16.7 Å². The van der Waals surface area contributed by atoms with Gasteiger partial charge in [-0.15, -0.1) is 0 Å². The molecule has 0 atom stereocenters. The third-order valence-electron chi connectivity index (χ3n) is 4.94. The Morgan fingerprint density at radius 1 is 0.906 bits per heavy atom. The molecule has 0 radical (unpaired) electrons. The Morgan fingerprint density at radius 2 is 1.50 bits per heavy atom. The summed E-state index contributed by atoms with van der Waals surface area (Å²) >= 11 is 0. The van der Waals surface area contributed by atoms with Crippen molar-refractivity contribution in [1.82, 2.24) is 14.8 Å². The number of benzene rings is 2. The Balaban J connectivity index is 1.68. The molecule has 0 saturated heterocycles. The lowest BCUT2D eigenvalue weighted by Gasteiger charge is -2.10. The first-order chi connectivity index (χ1) is 15.2. The van der Waals surface area contributed by atoms with Crippen molar-refractivity contribution in [1.29, 1.82) is 0 Å². The second-order valence-corrected chi connectivity index (χ2v) is 7.16. The van der Waals surface area contributed by atoms with Crippen LogP contribution in [0.3, 0.4) is 0 Å². The highest BCUT2D eigenvalue weighted by molar-refractivity contribution is 5.96. The van der Waals surface area contributed by atoms with Gasteiger partial charge in [-0.2, -0.15) is 5.10 Å². The molecule has 1 amide bonds. The van der Waals surface area contributed by atoms with Crippen molar-refractivity contribution in [2.24, 2.45) is 0 Å². The quantitative estimate of drug-likeness (QED) is 0.271. The molecule has 5 nitrogen and oxygen atoms in total. The lowest BCUT2D eigenvalue weighted by atomic mass is 10.0. The molecule has 0 unspecified atom stereocenters. The fourth-order valence-corrected chi connectivity index (χ4v) is 3.40. The van der Waals surface area contributed by atoms with E-state index >= 15 is 0 Å². The Hall–Kier alpha value is -3.82. The van der Waals surface area contributed by atoms with Crippen LogP contribution in [0.15, 0.2) is 36.5 Å². The lowest BCUT2D eigenvalue weighted by Crippen LogP contribution is -2.22. The van der Waals surface area contributed by atoms with Gasteiger partial charge in [0.1, 0.15) is 12.2 Å². The molecule has 164 valence electrons. The normalized spacial score (nSPS) is 11.2. The molecule has 2 heterocycles. The van der Waals surface area contributed by atoms with Crippen molar-refractivity contribution in [3.8, 4) is 11.1 Å². The minimum Gasteiger partial charge on any atom is -0.319 e. The summed E-state index contributed by atoms with van der Waals surface area (Å²) in [5.74, 6) is -11.9. The average Bonchev–Trinajstić information content (AvgIpc) is 3.10. The summed E-state index contributed by atoms with van der Waals surface area (Å²) in [6.45, 7) is 3.10. The van der Waals surface area contributed by atoms with Gasteiger partial charge in [-0.05, 0) is 31.0 Å². The summed E-state index contributed by atoms with van der Waals surface area (Å²) in [4.78, 5) is 16.6. The van der Waals surface area contributed by atoms with E-state index in [1.165, 1.54) is 10.9 Å². The number of pyridine rings is 1. The molecule has 0 bridgehead atoms. The van der Waals surface area contributed by atoms with Crippen molar-refractivity contribution >= 4 is 22.6 Å². The van der Waals surface area contributed by atoms with E-state index in [9.17, 15) is 26.7 Å². The SMILES string of the molecule is Cc1ccc(-c2ccnc3c2c(C)nn3CC(=O)Nc2c(F)c(F)c(F)c(F)c2F)cc1. The van der Waals surface area contributed by atoms with Gasteiger partial charge in [0.15, 0.2) is 28.9 Å². The Labute approximate surface area is 178 Å². The van der Waals surface area contributed by atoms with E-state index in [2.05, 4.69) is 10.1 Å². The second-order valence-electron chi connectivity index (χ2n) is 7.16. The largest absolute Gasteiger partial charge is 0.319 e. The lowest BCUT2D eigenvalue weighted by molar-refractivity contribution is -0.116. The van der Waals surface area contributed by atoms with E-state index in [1.807, 2.05) is 31.2 Å². The standard InChI is InChI=1S/C22H15F5N4O/c1-10-3-5-12(6-4-10)13-7-8-28-22-15(13)11(2)30-31(22)9-14(32)29-21-19(26)17(24)16(23)18(25)20(21)27/h3-8H,9H2,1-2H3,(H,29,32). The Bertz CT molecular complexity index is 1340. The predicted molar refractivity (Wildman–Crippen MR) is 107 cm³/mol. The number of carbonyl (C=O) groups excluding carboxylic acids is 1. The van der Waals surface area contributed by atoms with Crippen LogP contribution >= 0.6 is 0 Å². The number of hydrogen-bond acceptors (Lipinski definition) is 3. The number of fused-ring (bicyclic) bond motifs is 1. The zero-order chi connectivity index (χ0) is 23.2. The molecule has 0 aliphatic heterocycles. The number of nitrogens with one attached hydrogen (secondary N) is 1. The van der Waals surface area contributed by atoms with E-state index in [0.29, 0.717) is 16.7 Å². The van der Waals surface area contributed by atoms with E-state index in [-0.39, 0.29) is 0 Å². The van der Waals surface area contributed by atoms with Crippen LogP contribution in [0, 0.1) is 42.9 Å². The third-order valence-corrected chi connectivity index (χ3v) is 4.94. The molecular weight excluding hydrogens is 431 g/mol. The molecule has 4 rings (SSSR count). The average molecular weight is 446 g/mol. The fourth-order valence-electron chi connectivity index (χ4n) is 3.40. The van der Waals surface area contributed by atoms with Crippen molar-refractivity contribution in [2.45, 2.75) is 20.4 Å². The molecule has 2 aromatic heterocycles. The molecule has 0 spiro atoms. The molecule has 0 aliphatic carbocycles. The first-order valence-corrected chi connectivity index (χ1v) is 9.39. The van der Waals surface area contributed by atoms with Crippen molar-refractivity contribution in [2.75, 3.05) is 5.32 Å². The van der Waals surface area contributed by atoms with E-state index in [4.69, 9.17) is 0 Å². The van der Waals surface area contributed by atoms with Crippen LogP contribution in [-0.4, -0.2) is 20.7 Å². The number of halogens is 5. The minimum absolute atomic E-state index is 0.327. The zero-order valence-electron chi connectivity index (χ0n) is 16.8. The van der Waals surface area contributed by atoms with Crippen LogP contribution in [0.1, 0.15) is 11.3 Å². The number of anilines is 1. The molecule has 1 N–H and O–H groups in total. The summed E-state index contributed by atoms with van der Waals surface area (Å²) in [5, 5.41) is 6.67. The first-order valence-electron chi connectivity index (χ1n) is 9.39. The van der Waals surface area contributed by atoms with Crippen LogP contribution in [0.2, 0.25) is 0 Å². The number of carbonyl (C=O) groups is 1. The number of nitrogens with zero attached hydrogens (tertiary/aromatic N) is 3. The number of rotatable bonds is 4. The van der Waals surface area contributed by atoms with Gasteiger partial charge in [0.05, 0.1) is 5.69 Å². The molecule has 4 aromatic rings. The molecule has 2 aromatic carbocycles. The number of aromatic nitrogens is 3. The van der Waals surface area contributed by atoms with E-state index in [1.54, 1.807) is 18.3 Å². The molecular formula is C22H15F5N4O.